The van der Waals surface area contributed by atoms with Gasteiger partial charge in [-0.1, -0.05) is 12.1 Å². The average Bonchev–Trinajstić information content (AvgIpc) is 3.57. The third-order valence-electron chi connectivity index (χ3n) is 4.99. The van der Waals surface area contributed by atoms with Gasteiger partial charge >= 0.3 is 5.97 Å². The molecule has 1 aromatic carbocycles. The summed E-state index contributed by atoms with van der Waals surface area (Å²) in [6.45, 7) is 2.21. The summed E-state index contributed by atoms with van der Waals surface area (Å²) >= 11 is 0. The molecule has 0 unspecified atom stereocenters. The van der Waals surface area contributed by atoms with Crippen molar-refractivity contribution >= 4 is 18.0 Å². The van der Waals surface area contributed by atoms with Gasteiger partial charge in [0.1, 0.15) is 0 Å². The Labute approximate surface area is 172 Å². The smallest absolute Gasteiger partial charge is 0.331 e. The van der Waals surface area contributed by atoms with Gasteiger partial charge in [-0.2, -0.15) is 0 Å². The van der Waals surface area contributed by atoms with Gasteiger partial charge in [0.05, 0.1) is 13.7 Å². The number of carbonyl (C=O) groups is 2. The molecule has 1 saturated carbocycles. The second kappa shape index (κ2) is 10.1. The maximum absolute atomic E-state index is 12.6. The number of hydrogen-bond donors (Lipinski definition) is 0. The van der Waals surface area contributed by atoms with E-state index in [-0.39, 0.29) is 18.6 Å². The van der Waals surface area contributed by atoms with Crippen molar-refractivity contribution in [2.24, 2.45) is 0 Å². The fourth-order valence-electron chi connectivity index (χ4n) is 3.45. The molecule has 0 saturated heterocycles. The second-order valence-electron chi connectivity index (χ2n) is 7.22. The Balaban J connectivity index is 1.55. The molecule has 29 heavy (non-hydrogen) atoms. The van der Waals surface area contributed by atoms with Gasteiger partial charge in [0.15, 0.2) is 18.1 Å². The fraction of sp³-hybridized carbons (Fsp3) is 0.478. The van der Waals surface area contributed by atoms with Gasteiger partial charge in [0.2, 0.25) is 0 Å². The molecule has 3 rings (SSSR count). The average molecular weight is 399 g/mol. The zero-order chi connectivity index (χ0) is 20.6. The zero-order valence-corrected chi connectivity index (χ0v) is 17.2. The van der Waals surface area contributed by atoms with E-state index >= 15 is 0 Å². The maximum Gasteiger partial charge on any atom is 0.331 e. The van der Waals surface area contributed by atoms with Crippen molar-refractivity contribution in [3.63, 3.8) is 0 Å². The van der Waals surface area contributed by atoms with Crippen LogP contribution in [0.15, 0.2) is 36.0 Å². The molecule has 0 heterocycles. The lowest BCUT2D eigenvalue weighted by Gasteiger charge is -2.27. The lowest BCUT2D eigenvalue weighted by atomic mass is 10.0. The Kier molecular flexibility index (Phi) is 7.33. The SMILES string of the molecule is CCOc1ccc(/C=C/C(=O)OCC(=O)N(C2=CCCCC2)C2CC2)cc1OC. The summed E-state index contributed by atoms with van der Waals surface area (Å²) in [5, 5.41) is 0. The Hall–Kier alpha value is -2.76. The van der Waals surface area contributed by atoms with Crippen LogP contribution in [0.25, 0.3) is 6.08 Å². The van der Waals surface area contributed by atoms with E-state index < -0.39 is 5.97 Å². The van der Waals surface area contributed by atoms with Crippen molar-refractivity contribution in [3.05, 3.63) is 41.6 Å². The quantitative estimate of drug-likeness (QED) is 0.462. The van der Waals surface area contributed by atoms with E-state index in [4.69, 9.17) is 14.2 Å². The minimum absolute atomic E-state index is 0.134. The molecule has 1 amide bonds. The highest BCUT2D eigenvalue weighted by Crippen LogP contribution is 2.33. The summed E-state index contributed by atoms with van der Waals surface area (Å²) in [6.07, 6.45) is 11.4. The summed E-state index contributed by atoms with van der Waals surface area (Å²) in [5.74, 6) is 0.570. The number of esters is 1. The van der Waals surface area contributed by atoms with Crippen LogP contribution in [-0.2, 0) is 14.3 Å². The molecule has 2 aliphatic rings. The number of rotatable bonds is 9. The Bertz CT molecular complexity index is 794. The standard InChI is InChI=1S/C23H29NO5/c1-3-28-20-13-9-17(15-21(20)27-2)10-14-23(26)29-16-22(25)24(19-11-12-19)18-7-5-4-6-8-18/h7,9-10,13-15,19H,3-6,8,11-12,16H2,1-2H3/b14-10+. The van der Waals surface area contributed by atoms with Gasteiger partial charge in [0.25, 0.3) is 5.91 Å². The van der Waals surface area contributed by atoms with Crippen LogP contribution in [-0.4, -0.2) is 43.1 Å². The van der Waals surface area contributed by atoms with Crippen LogP contribution in [0.4, 0.5) is 0 Å². The van der Waals surface area contributed by atoms with E-state index in [1.165, 1.54) is 12.5 Å². The summed E-state index contributed by atoms with van der Waals surface area (Å²) in [7, 11) is 1.57. The molecule has 0 atom stereocenters. The number of methoxy groups -OCH3 is 1. The molecule has 1 aromatic rings. The van der Waals surface area contributed by atoms with Crippen molar-refractivity contribution in [2.75, 3.05) is 20.3 Å². The third kappa shape index (κ3) is 5.86. The van der Waals surface area contributed by atoms with Gasteiger partial charge in [0, 0.05) is 17.8 Å². The molecule has 156 valence electrons. The van der Waals surface area contributed by atoms with Crippen molar-refractivity contribution in [2.45, 2.75) is 51.5 Å². The molecule has 6 nitrogen and oxygen atoms in total. The van der Waals surface area contributed by atoms with E-state index in [9.17, 15) is 9.59 Å². The third-order valence-corrected chi connectivity index (χ3v) is 4.99. The molecule has 0 radical (unpaired) electrons. The van der Waals surface area contributed by atoms with Gasteiger partial charge in [-0.05, 0) is 69.2 Å². The number of ether oxygens (including phenoxy) is 3. The normalized spacial score (nSPS) is 16.3. The zero-order valence-electron chi connectivity index (χ0n) is 17.2. The highest BCUT2D eigenvalue weighted by Gasteiger charge is 2.35. The van der Waals surface area contributed by atoms with E-state index in [2.05, 4.69) is 6.08 Å². The number of benzene rings is 1. The van der Waals surface area contributed by atoms with Crippen molar-refractivity contribution in [3.8, 4) is 11.5 Å². The second-order valence-corrected chi connectivity index (χ2v) is 7.22. The lowest BCUT2D eigenvalue weighted by Crippen LogP contribution is -2.36. The molecule has 1 fully saturated rings. The molecule has 0 spiro atoms. The van der Waals surface area contributed by atoms with Crippen molar-refractivity contribution in [1.29, 1.82) is 0 Å². The first-order valence-electron chi connectivity index (χ1n) is 10.3. The van der Waals surface area contributed by atoms with Crippen LogP contribution in [0.1, 0.15) is 51.0 Å². The summed E-state index contributed by atoms with van der Waals surface area (Å²) in [5.41, 5.74) is 1.87. The number of allylic oxidation sites excluding steroid dienone is 2. The maximum atomic E-state index is 12.6. The van der Waals surface area contributed by atoms with Crippen molar-refractivity contribution < 1.29 is 23.8 Å². The van der Waals surface area contributed by atoms with Gasteiger partial charge < -0.3 is 19.1 Å². The van der Waals surface area contributed by atoms with Crippen LogP contribution in [0.3, 0.4) is 0 Å². The summed E-state index contributed by atoms with van der Waals surface area (Å²) < 4.78 is 16.0. The number of hydrogen-bond acceptors (Lipinski definition) is 5. The first kappa shape index (κ1) is 21.0. The first-order valence-corrected chi connectivity index (χ1v) is 10.3. The van der Waals surface area contributed by atoms with Crippen LogP contribution >= 0.6 is 0 Å². The molecule has 0 N–H and O–H groups in total. The Morgan fingerprint density at radius 2 is 2.03 bits per heavy atom. The minimum atomic E-state index is -0.542. The van der Waals surface area contributed by atoms with Crippen molar-refractivity contribution in [1.82, 2.24) is 4.90 Å². The largest absolute Gasteiger partial charge is 0.493 e. The number of carbonyl (C=O) groups excluding carboxylic acids is 2. The molecule has 0 aromatic heterocycles. The Morgan fingerprint density at radius 3 is 2.69 bits per heavy atom. The van der Waals surface area contributed by atoms with Gasteiger partial charge in [-0.25, -0.2) is 4.79 Å². The molecule has 0 aliphatic heterocycles. The molecule has 2 aliphatic carbocycles. The van der Waals surface area contributed by atoms with Crippen LogP contribution < -0.4 is 9.47 Å². The fourth-order valence-corrected chi connectivity index (χ4v) is 3.45. The Morgan fingerprint density at radius 1 is 1.21 bits per heavy atom. The van der Waals surface area contributed by atoms with Gasteiger partial charge in [-0.3, -0.25) is 4.79 Å². The highest BCUT2D eigenvalue weighted by molar-refractivity contribution is 5.89. The minimum Gasteiger partial charge on any atom is -0.493 e. The molecular weight excluding hydrogens is 370 g/mol. The molecular formula is C23H29NO5. The van der Waals surface area contributed by atoms with E-state index in [1.807, 2.05) is 17.9 Å². The summed E-state index contributed by atoms with van der Waals surface area (Å²) in [6, 6.07) is 5.68. The predicted octanol–water partition coefficient (Wildman–Crippen LogP) is 4.10. The first-order chi connectivity index (χ1) is 14.1. The highest BCUT2D eigenvalue weighted by atomic mass is 16.5. The topological polar surface area (TPSA) is 65.1 Å². The molecule has 0 bridgehead atoms. The summed E-state index contributed by atoms with van der Waals surface area (Å²) in [4.78, 5) is 26.6. The van der Waals surface area contributed by atoms with E-state index in [0.717, 1.165) is 43.4 Å². The van der Waals surface area contributed by atoms with Crippen LogP contribution in [0, 0.1) is 0 Å². The lowest BCUT2D eigenvalue weighted by molar-refractivity contribution is -0.147. The molecule has 6 heteroatoms. The van der Waals surface area contributed by atoms with Gasteiger partial charge in [-0.15, -0.1) is 0 Å². The number of amides is 1. The van der Waals surface area contributed by atoms with E-state index in [0.29, 0.717) is 18.1 Å². The van der Waals surface area contributed by atoms with Crippen LogP contribution in [0.5, 0.6) is 11.5 Å². The number of nitrogens with zero attached hydrogens (tertiary/aromatic N) is 1. The monoisotopic (exact) mass is 399 g/mol. The predicted molar refractivity (Wildman–Crippen MR) is 111 cm³/mol. The van der Waals surface area contributed by atoms with Crippen LogP contribution in [0.2, 0.25) is 0 Å². The van der Waals surface area contributed by atoms with E-state index in [1.54, 1.807) is 25.3 Å².